The zero-order valence-electron chi connectivity index (χ0n) is 9.36. The fourth-order valence-electron chi connectivity index (χ4n) is 2.17. The second-order valence-corrected chi connectivity index (χ2v) is 4.87. The second-order valence-electron chi connectivity index (χ2n) is 4.87. The number of nitrogens with zero attached hydrogens (tertiary/aromatic N) is 1. The maximum Gasteiger partial charge on any atom is 0.166 e. The van der Waals surface area contributed by atoms with Crippen LogP contribution in [0.25, 0.3) is 0 Å². The zero-order valence-corrected chi connectivity index (χ0v) is 9.36. The molecule has 82 valence electrons. The first-order chi connectivity index (χ1) is 7.09. The maximum atomic E-state index is 5.93. The summed E-state index contributed by atoms with van der Waals surface area (Å²) in [6.07, 6.45) is 5.52. The molecule has 15 heavy (non-hydrogen) atoms. The van der Waals surface area contributed by atoms with Crippen molar-refractivity contribution in [3.8, 4) is 5.75 Å². The molecule has 0 aromatic carbocycles. The van der Waals surface area contributed by atoms with Crippen molar-refractivity contribution in [1.82, 2.24) is 4.98 Å². The minimum absolute atomic E-state index is 0.252. The van der Waals surface area contributed by atoms with Crippen LogP contribution in [0.3, 0.4) is 0 Å². The Balaban J connectivity index is 2.12. The van der Waals surface area contributed by atoms with Crippen molar-refractivity contribution in [2.75, 3.05) is 5.73 Å². The van der Waals surface area contributed by atoms with Gasteiger partial charge in [0.25, 0.3) is 0 Å². The summed E-state index contributed by atoms with van der Waals surface area (Å²) >= 11 is 0. The fourth-order valence-corrected chi connectivity index (χ4v) is 2.17. The number of rotatable bonds is 2. The van der Waals surface area contributed by atoms with Crippen LogP contribution in [0.4, 0.5) is 5.82 Å². The first-order valence-corrected chi connectivity index (χ1v) is 5.47. The number of pyridine rings is 1. The fraction of sp³-hybridized carbons (Fsp3) is 0.583. The smallest absolute Gasteiger partial charge is 0.166 e. The quantitative estimate of drug-likeness (QED) is 0.809. The monoisotopic (exact) mass is 206 g/mol. The summed E-state index contributed by atoms with van der Waals surface area (Å²) in [6.45, 7) is 4.49. The third kappa shape index (κ3) is 2.06. The molecule has 2 rings (SSSR count). The lowest BCUT2D eigenvalue weighted by Crippen LogP contribution is -2.29. The Morgan fingerprint density at radius 2 is 2.33 bits per heavy atom. The van der Waals surface area contributed by atoms with Gasteiger partial charge in [-0.25, -0.2) is 4.98 Å². The van der Waals surface area contributed by atoms with Gasteiger partial charge < -0.3 is 10.5 Å². The highest BCUT2D eigenvalue weighted by molar-refractivity contribution is 5.44. The summed E-state index contributed by atoms with van der Waals surface area (Å²) < 4.78 is 5.93. The van der Waals surface area contributed by atoms with Gasteiger partial charge >= 0.3 is 0 Å². The van der Waals surface area contributed by atoms with Crippen molar-refractivity contribution < 1.29 is 4.74 Å². The van der Waals surface area contributed by atoms with Gasteiger partial charge in [0.05, 0.1) is 0 Å². The van der Waals surface area contributed by atoms with Crippen LogP contribution in [0.1, 0.15) is 33.1 Å². The van der Waals surface area contributed by atoms with E-state index in [1.54, 1.807) is 6.20 Å². The first-order valence-electron chi connectivity index (χ1n) is 5.47. The highest BCUT2D eigenvalue weighted by Crippen LogP contribution is 2.40. The molecule has 1 fully saturated rings. The van der Waals surface area contributed by atoms with E-state index in [1.807, 2.05) is 12.1 Å². The van der Waals surface area contributed by atoms with Crippen LogP contribution in [0.5, 0.6) is 5.75 Å². The predicted octanol–water partition coefficient (Wildman–Crippen LogP) is 2.62. The minimum Gasteiger partial charge on any atom is -0.486 e. The van der Waals surface area contributed by atoms with Gasteiger partial charge in [-0.3, -0.25) is 0 Å². The Morgan fingerprint density at radius 1 is 1.53 bits per heavy atom. The minimum atomic E-state index is 0.252. The van der Waals surface area contributed by atoms with Crippen LogP contribution in [0, 0.1) is 5.41 Å². The van der Waals surface area contributed by atoms with Gasteiger partial charge in [0.15, 0.2) is 11.6 Å². The molecule has 0 aliphatic heterocycles. The molecule has 1 aliphatic rings. The van der Waals surface area contributed by atoms with Gasteiger partial charge in [-0.15, -0.1) is 0 Å². The summed E-state index contributed by atoms with van der Waals surface area (Å²) in [7, 11) is 0. The lowest BCUT2D eigenvalue weighted by molar-refractivity contribution is 0.104. The number of hydrogen-bond acceptors (Lipinski definition) is 3. The molecule has 2 N–H and O–H groups in total. The molecule has 3 nitrogen and oxygen atoms in total. The van der Waals surface area contributed by atoms with Crippen molar-refractivity contribution in [2.45, 2.75) is 39.2 Å². The van der Waals surface area contributed by atoms with Crippen LogP contribution in [0.2, 0.25) is 0 Å². The topological polar surface area (TPSA) is 48.1 Å². The third-order valence-corrected chi connectivity index (χ3v) is 3.23. The van der Waals surface area contributed by atoms with Gasteiger partial charge in [-0.1, -0.05) is 13.8 Å². The van der Waals surface area contributed by atoms with Crippen molar-refractivity contribution in [2.24, 2.45) is 5.41 Å². The van der Waals surface area contributed by atoms with Crippen molar-refractivity contribution >= 4 is 5.82 Å². The zero-order chi connectivity index (χ0) is 10.9. The average Bonchev–Trinajstić information content (AvgIpc) is 2.50. The van der Waals surface area contributed by atoms with Crippen molar-refractivity contribution in [3.05, 3.63) is 18.3 Å². The number of nitrogen functional groups attached to an aromatic ring is 1. The van der Waals surface area contributed by atoms with Crippen LogP contribution in [0.15, 0.2) is 18.3 Å². The normalized spacial score (nSPS) is 24.0. The van der Waals surface area contributed by atoms with Crippen molar-refractivity contribution in [3.63, 3.8) is 0 Å². The molecule has 1 aromatic rings. The van der Waals surface area contributed by atoms with E-state index < -0.39 is 0 Å². The van der Waals surface area contributed by atoms with E-state index in [-0.39, 0.29) is 11.5 Å². The third-order valence-electron chi connectivity index (χ3n) is 3.23. The van der Waals surface area contributed by atoms with E-state index in [0.717, 1.165) is 12.2 Å². The Bertz CT molecular complexity index is 349. The SMILES string of the molecule is CC1(C)CCC[C@@H]1Oc1cccnc1N. The molecule has 1 aliphatic carbocycles. The Kier molecular flexibility index (Phi) is 2.55. The summed E-state index contributed by atoms with van der Waals surface area (Å²) in [6, 6.07) is 3.74. The molecule has 1 saturated carbocycles. The Labute approximate surface area is 90.7 Å². The molecule has 0 spiro atoms. The van der Waals surface area contributed by atoms with E-state index >= 15 is 0 Å². The average molecular weight is 206 g/mol. The van der Waals surface area contributed by atoms with Crippen LogP contribution < -0.4 is 10.5 Å². The molecular formula is C12H18N2O. The number of aromatic nitrogens is 1. The number of ether oxygens (including phenoxy) is 1. The maximum absolute atomic E-state index is 5.93. The molecule has 0 amide bonds. The largest absolute Gasteiger partial charge is 0.486 e. The lowest BCUT2D eigenvalue weighted by atomic mass is 9.89. The summed E-state index contributed by atoms with van der Waals surface area (Å²) in [5.74, 6) is 1.21. The first kappa shape index (κ1) is 10.3. The summed E-state index contributed by atoms with van der Waals surface area (Å²) in [5, 5.41) is 0. The summed E-state index contributed by atoms with van der Waals surface area (Å²) in [5.41, 5.74) is 6.00. The molecule has 0 radical (unpaired) electrons. The number of anilines is 1. The summed E-state index contributed by atoms with van der Waals surface area (Å²) in [4.78, 5) is 4.02. The van der Waals surface area contributed by atoms with Gasteiger partial charge in [-0.2, -0.15) is 0 Å². The number of hydrogen-bond donors (Lipinski definition) is 1. The Morgan fingerprint density at radius 3 is 2.93 bits per heavy atom. The predicted molar refractivity (Wildman–Crippen MR) is 60.7 cm³/mol. The van der Waals surface area contributed by atoms with E-state index in [0.29, 0.717) is 5.82 Å². The molecule has 0 unspecified atom stereocenters. The van der Waals surface area contributed by atoms with Gasteiger partial charge in [0.2, 0.25) is 0 Å². The highest BCUT2D eigenvalue weighted by atomic mass is 16.5. The molecule has 1 aromatic heterocycles. The molecule has 1 heterocycles. The van der Waals surface area contributed by atoms with Gasteiger partial charge in [0, 0.05) is 11.6 Å². The van der Waals surface area contributed by atoms with Crippen LogP contribution in [-0.2, 0) is 0 Å². The van der Waals surface area contributed by atoms with E-state index in [9.17, 15) is 0 Å². The second kappa shape index (κ2) is 3.72. The Hall–Kier alpha value is -1.25. The van der Waals surface area contributed by atoms with Gasteiger partial charge in [0.1, 0.15) is 6.10 Å². The van der Waals surface area contributed by atoms with E-state index in [2.05, 4.69) is 18.8 Å². The molecule has 0 saturated heterocycles. The molecule has 0 bridgehead atoms. The van der Waals surface area contributed by atoms with Gasteiger partial charge in [-0.05, 0) is 31.4 Å². The number of nitrogens with two attached hydrogens (primary N) is 1. The molecule has 3 heteroatoms. The van der Waals surface area contributed by atoms with Crippen molar-refractivity contribution in [1.29, 1.82) is 0 Å². The van der Waals surface area contributed by atoms with Crippen LogP contribution in [-0.4, -0.2) is 11.1 Å². The molecule has 1 atom stereocenters. The van der Waals surface area contributed by atoms with E-state index in [1.165, 1.54) is 12.8 Å². The highest BCUT2D eigenvalue weighted by Gasteiger charge is 2.36. The van der Waals surface area contributed by atoms with Crippen LogP contribution >= 0.6 is 0 Å². The lowest BCUT2D eigenvalue weighted by Gasteiger charge is -2.27. The van der Waals surface area contributed by atoms with E-state index in [4.69, 9.17) is 10.5 Å². The molecular weight excluding hydrogens is 188 g/mol. The standard InChI is InChI=1S/C12H18N2O/c1-12(2)7-3-6-10(12)15-9-5-4-8-14-11(9)13/h4-5,8,10H,3,6-7H2,1-2H3,(H2,13,14)/t10-/m0/s1.